The zero-order valence-corrected chi connectivity index (χ0v) is 16.3. The molecule has 0 saturated carbocycles. The van der Waals surface area contributed by atoms with E-state index in [1.807, 2.05) is 0 Å². The van der Waals surface area contributed by atoms with E-state index >= 15 is 0 Å². The molecule has 30 heavy (non-hydrogen) atoms. The Bertz CT molecular complexity index is 934. The van der Waals surface area contributed by atoms with Crippen LogP contribution >= 0.6 is 0 Å². The van der Waals surface area contributed by atoms with E-state index in [-0.39, 0.29) is 23.0 Å². The fourth-order valence-electron chi connectivity index (χ4n) is 3.17. The molecule has 2 aromatic rings. The van der Waals surface area contributed by atoms with Crippen LogP contribution in [0.5, 0.6) is 0 Å². The first kappa shape index (κ1) is 21.0. The number of ether oxygens (including phenoxy) is 1. The Kier molecular flexibility index (Phi) is 6.45. The van der Waals surface area contributed by atoms with Gasteiger partial charge in [0.25, 0.3) is 17.5 Å². The minimum atomic E-state index is -1.12. The maximum Gasteiger partial charge on any atom is 0.309 e. The predicted molar refractivity (Wildman–Crippen MR) is 105 cm³/mol. The van der Waals surface area contributed by atoms with Crippen LogP contribution in [0.4, 0.5) is 11.4 Å². The van der Waals surface area contributed by atoms with Gasteiger partial charge >= 0.3 is 5.97 Å². The van der Waals surface area contributed by atoms with Crippen LogP contribution in [-0.2, 0) is 14.3 Å². The van der Waals surface area contributed by atoms with Crippen LogP contribution in [0.15, 0.2) is 47.1 Å². The first-order chi connectivity index (χ1) is 14.4. The lowest BCUT2D eigenvalue weighted by atomic mass is 9.97. The molecule has 1 aliphatic heterocycles. The van der Waals surface area contributed by atoms with Crippen LogP contribution in [0, 0.1) is 16.0 Å². The molecule has 1 aromatic heterocycles. The number of benzene rings is 1. The second-order valence-electron chi connectivity index (χ2n) is 6.89. The van der Waals surface area contributed by atoms with E-state index in [0.717, 1.165) is 0 Å². The molecule has 0 radical (unpaired) electrons. The minimum Gasteiger partial charge on any atom is -0.459 e. The number of carbonyl (C=O) groups excluding carboxylic acids is 3. The SMILES string of the molecule is CC(OC(=O)C1CCN(C(=O)c2ccco2)CC1)C(=O)Nc1ccccc1[N+](=O)[O-]. The first-order valence-corrected chi connectivity index (χ1v) is 9.44. The number of nitro groups is 1. The van der Waals surface area contributed by atoms with E-state index in [0.29, 0.717) is 25.9 Å². The third kappa shape index (κ3) is 4.83. The lowest BCUT2D eigenvalue weighted by molar-refractivity contribution is -0.383. The third-order valence-corrected chi connectivity index (χ3v) is 4.87. The van der Waals surface area contributed by atoms with Crippen molar-refractivity contribution in [2.45, 2.75) is 25.9 Å². The van der Waals surface area contributed by atoms with Gasteiger partial charge in [-0.25, -0.2) is 0 Å². The van der Waals surface area contributed by atoms with E-state index in [9.17, 15) is 24.5 Å². The van der Waals surface area contributed by atoms with Gasteiger partial charge in [-0.05, 0) is 38.0 Å². The minimum absolute atomic E-state index is 0.0279. The van der Waals surface area contributed by atoms with E-state index in [1.54, 1.807) is 23.1 Å². The molecule has 1 aliphatic rings. The Morgan fingerprint density at radius 3 is 2.53 bits per heavy atom. The summed E-state index contributed by atoms with van der Waals surface area (Å²) < 4.78 is 10.4. The Labute approximate surface area is 171 Å². The monoisotopic (exact) mass is 415 g/mol. The summed E-state index contributed by atoms with van der Waals surface area (Å²) in [4.78, 5) is 49.0. The summed E-state index contributed by atoms with van der Waals surface area (Å²) in [6, 6.07) is 8.92. The molecule has 2 heterocycles. The van der Waals surface area contributed by atoms with Crippen LogP contribution in [0.1, 0.15) is 30.3 Å². The molecule has 1 N–H and O–H groups in total. The number of esters is 1. The van der Waals surface area contributed by atoms with Crippen LogP contribution in [0.3, 0.4) is 0 Å². The van der Waals surface area contributed by atoms with E-state index in [4.69, 9.17) is 9.15 Å². The molecule has 1 unspecified atom stereocenters. The fourth-order valence-corrected chi connectivity index (χ4v) is 3.17. The summed E-state index contributed by atoms with van der Waals surface area (Å²) in [6.07, 6.45) is 1.11. The average Bonchev–Trinajstić information content (AvgIpc) is 3.28. The molecule has 158 valence electrons. The highest BCUT2D eigenvalue weighted by Gasteiger charge is 2.31. The van der Waals surface area contributed by atoms with Gasteiger partial charge in [0.2, 0.25) is 0 Å². The highest BCUT2D eigenvalue weighted by molar-refractivity contribution is 5.97. The van der Waals surface area contributed by atoms with Crippen LogP contribution in [0.2, 0.25) is 0 Å². The van der Waals surface area contributed by atoms with Crippen LogP contribution in [0.25, 0.3) is 0 Å². The highest BCUT2D eigenvalue weighted by Crippen LogP contribution is 2.24. The number of nitro benzene ring substituents is 1. The Morgan fingerprint density at radius 1 is 1.20 bits per heavy atom. The van der Waals surface area contributed by atoms with Gasteiger partial charge in [-0.15, -0.1) is 0 Å². The maximum atomic E-state index is 12.4. The number of likely N-dealkylation sites (tertiary alicyclic amines) is 1. The molecule has 1 saturated heterocycles. The number of amides is 2. The van der Waals surface area contributed by atoms with E-state index in [1.165, 1.54) is 31.4 Å². The molecular weight excluding hydrogens is 394 g/mol. The molecule has 1 atom stereocenters. The van der Waals surface area contributed by atoms with Gasteiger partial charge in [-0.3, -0.25) is 24.5 Å². The standard InChI is InChI=1S/C20H21N3O7/c1-13(18(24)21-15-5-2-3-6-16(15)23(27)28)30-20(26)14-8-10-22(11-9-14)19(25)17-7-4-12-29-17/h2-7,12-14H,8-11H2,1H3,(H,21,24). The lowest BCUT2D eigenvalue weighted by Crippen LogP contribution is -2.41. The number of anilines is 1. The summed E-state index contributed by atoms with van der Waals surface area (Å²) in [7, 11) is 0. The molecule has 3 rings (SSSR count). The van der Waals surface area contributed by atoms with Crippen molar-refractivity contribution < 1.29 is 28.5 Å². The van der Waals surface area contributed by atoms with Gasteiger partial charge in [0.1, 0.15) is 5.69 Å². The number of para-hydroxylation sites is 2. The summed E-state index contributed by atoms with van der Waals surface area (Å²) in [5.41, 5.74) is -0.224. The van der Waals surface area contributed by atoms with E-state index < -0.39 is 28.8 Å². The zero-order chi connectivity index (χ0) is 21.7. The number of rotatable bonds is 6. The lowest BCUT2D eigenvalue weighted by Gasteiger charge is -2.30. The molecule has 0 spiro atoms. The first-order valence-electron chi connectivity index (χ1n) is 9.44. The Balaban J connectivity index is 1.51. The Morgan fingerprint density at radius 2 is 1.90 bits per heavy atom. The number of piperidine rings is 1. The highest BCUT2D eigenvalue weighted by atomic mass is 16.6. The second kappa shape index (κ2) is 9.21. The van der Waals surface area contributed by atoms with E-state index in [2.05, 4.69) is 5.32 Å². The Hall–Kier alpha value is -3.69. The number of hydrogen-bond donors (Lipinski definition) is 1. The average molecular weight is 415 g/mol. The van der Waals surface area contributed by atoms with Crippen molar-refractivity contribution in [2.24, 2.45) is 5.92 Å². The molecule has 1 aromatic carbocycles. The van der Waals surface area contributed by atoms with Gasteiger partial charge < -0.3 is 19.4 Å². The number of nitrogens with one attached hydrogen (secondary N) is 1. The van der Waals surface area contributed by atoms with Crippen molar-refractivity contribution in [1.82, 2.24) is 4.90 Å². The van der Waals surface area contributed by atoms with Gasteiger partial charge in [0.05, 0.1) is 17.1 Å². The van der Waals surface area contributed by atoms with Crippen LogP contribution in [-0.4, -0.2) is 46.8 Å². The van der Waals surface area contributed by atoms with Crippen molar-refractivity contribution in [1.29, 1.82) is 0 Å². The maximum absolute atomic E-state index is 12.4. The van der Waals surface area contributed by atoms with Crippen LogP contribution < -0.4 is 5.32 Å². The summed E-state index contributed by atoms with van der Waals surface area (Å²) >= 11 is 0. The van der Waals surface area contributed by atoms with Crippen molar-refractivity contribution in [3.05, 3.63) is 58.5 Å². The molecule has 2 amide bonds. The summed E-state index contributed by atoms with van der Waals surface area (Å²) in [6.45, 7) is 2.14. The normalized spacial score (nSPS) is 15.3. The molecular formula is C20H21N3O7. The number of carbonyl (C=O) groups is 3. The predicted octanol–water partition coefficient (Wildman–Crippen LogP) is 2.61. The second-order valence-corrected chi connectivity index (χ2v) is 6.89. The smallest absolute Gasteiger partial charge is 0.309 e. The van der Waals surface area contributed by atoms with Gasteiger partial charge in [0.15, 0.2) is 11.9 Å². The summed E-state index contributed by atoms with van der Waals surface area (Å²) in [5, 5.41) is 13.5. The molecule has 0 aliphatic carbocycles. The zero-order valence-electron chi connectivity index (χ0n) is 16.3. The number of nitrogens with zero attached hydrogens (tertiary/aromatic N) is 2. The topological polar surface area (TPSA) is 132 Å². The molecule has 10 heteroatoms. The number of hydrogen-bond acceptors (Lipinski definition) is 7. The van der Waals surface area contributed by atoms with Gasteiger partial charge in [-0.2, -0.15) is 0 Å². The van der Waals surface area contributed by atoms with Crippen molar-refractivity contribution in [3.63, 3.8) is 0 Å². The number of furan rings is 1. The fraction of sp³-hybridized carbons (Fsp3) is 0.350. The van der Waals surface area contributed by atoms with Crippen molar-refractivity contribution in [3.8, 4) is 0 Å². The van der Waals surface area contributed by atoms with Crippen molar-refractivity contribution in [2.75, 3.05) is 18.4 Å². The third-order valence-electron chi connectivity index (χ3n) is 4.87. The quantitative estimate of drug-likeness (QED) is 0.436. The summed E-state index contributed by atoms with van der Waals surface area (Å²) in [5.74, 6) is -1.62. The largest absolute Gasteiger partial charge is 0.459 e. The molecule has 0 bridgehead atoms. The van der Waals surface area contributed by atoms with Crippen molar-refractivity contribution >= 4 is 29.2 Å². The van der Waals surface area contributed by atoms with Gasteiger partial charge in [-0.1, -0.05) is 12.1 Å². The molecule has 1 fully saturated rings. The molecule has 10 nitrogen and oxygen atoms in total. The van der Waals surface area contributed by atoms with Gasteiger partial charge in [0, 0.05) is 19.2 Å².